The van der Waals surface area contributed by atoms with E-state index < -0.39 is 0 Å². The third kappa shape index (κ3) is 3.66. The summed E-state index contributed by atoms with van der Waals surface area (Å²) in [4.78, 5) is 0. The van der Waals surface area contributed by atoms with Crippen LogP contribution in [0, 0.1) is 0 Å². The van der Waals surface area contributed by atoms with E-state index in [1.165, 1.54) is 17.3 Å². The fraction of sp³-hybridized carbons (Fsp3) is 0.750. The van der Waals surface area contributed by atoms with Gasteiger partial charge in [-0.2, -0.15) is 28.6 Å². The van der Waals surface area contributed by atoms with E-state index in [1.807, 2.05) is 28.2 Å². The Labute approximate surface area is 112 Å². The van der Waals surface area contributed by atoms with Gasteiger partial charge in [-0.1, -0.05) is 0 Å². The maximum atomic E-state index is 6.28. The van der Waals surface area contributed by atoms with Gasteiger partial charge in [0.2, 0.25) is 0 Å². The first kappa shape index (κ1) is 13.3. The number of nitrogens with two attached hydrogens (primary N) is 1. The molecule has 2 atom stereocenters. The summed E-state index contributed by atoms with van der Waals surface area (Å²) < 4.78 is 2.00. The van der Waals surface area contributed by atoms with Gasteiger partial charge in [-0.05, 0) is 19.9 Å². The van der Waals surface area contributed by atoms with Crippen molar-refractivity contribution in [1.82, 2.24) is 9.78 Å². The predicted molar refractivity (Wildman–Crippen MR) is 77.9 cm³/mol. The van der Waals surface area contributed by atoms with Crippen molar-refractivity contribution < 1.29 is 0 Å². The lowest BCUT2D eigenvalue weighted by atomic mass is 10.1. The summed E-state index contributed by atoms with van der Waals surface area (Å²) in [6.07, 6.45) is 2.95. The van der Waals surface area contributed by atoms with E-state index in [0.29, 0.717) is 11.3 Å². The van der Waals surface area contributed by atoms with Crippen molar-refractivity contribution in [3.63, 3.8) is 0 Å². The fourth-order valence-corrected chi connectivity index (χ4v) is 4.72. The highest BCUT2D eigenvalue weighted by atomic mass is 32.2. The molecule has 1 aromatic rings. The Bertz CT molecular complexity index is 345. The first-order valence-electron chi connectivity index (χ1n) is 6.16. The number of hydrogen-bond donors (Lipinski definition) is 1. The van der Waals surface area contributed by atoms with Crippen LogP contribution in [0.25, 0.3) is 0 Å². The van der Waals surface area contributed by atoms with Crippen molar-refractivity contribution in [3.05, 3.63) is 18.0 Å². The molecule has 2 rings (SSSR count). The van der Waals surface area contributed by atoms with Crippen LogP contribution in [0.1, 0.15) is 25.6 Å². The van der Waals surface area contributed by atoms with Crippen molar-refractivity contribution in [2.75, 3.05) is 17.3 Å². The molecule has 2 heterocycles. The maximum absolute atomic E-state index is 6.28. The Morgan fingerprint density at radius 3 is 2.94 bits per heavy atom. The molecule has 17 heavy (non-hydrogen) atoms. The van der Waals surface area contributed by atoms with E-state index in [0.717, 1.165) is 12.1 Å². The molecule has 0 bridgehead atoms. The van der Waals surface area contributed by atoms with Crippen LogP contribution < -0.4 is 5.73 Å². The zero-order valence-electron chi connectivity index (χ0n) is 10.5. The molecule has 1 saturated heterocycles. The van der Waals surface area contributed by atoms with E-state index in [2.05, 4.69) is 31.2 Å². The molecule has 0 aliphatic carbocycles. The zero-order chi connectivity index (χ0) is 12.3. The van der Waals surface area contributed by atoms with Crippen molar-refractivity contribution in [2.24, 2.45) is 5.73 Å². The maximum Gasteiger partial charge on any atom is 0.0640 e. The molecule has 0 radical (unpaired) electrons. The Morgan fingerprint density at radius 1 is 1.53 bits per heavy atom. The van der Waals surface area contributed by atoms with E-state index in [1.54, 1.807) is 0 Å². The van der Waals surface area contributed by atoms with E-state index in [9.17, 15) is 0 Å². The van der Waals surface area contributed by atoms with Crippen molar-refractivity contribution in [1.29, 1.82) is 0 Å². The van der Waals surface area contributed by atoms with Gasteiger partial charge in [-0.3, -0.25) is 4.68 Å². The van der Waals surface area contributed by atoms with Gasteiger partial charge in [-0.25, -0.2) is 0 Å². The average Bonchev–Trinajstić information content (AvgIpc) is 2.79. The minimum atomic E-state index is 0.239. The van der Waals surface area contributed by atoms with Crippen molar-refractivity contribution in [3.8, 4) is 0 Å². The highest BCUT2D eigenvalue weighted by Crippen LogP contribution is 2.26. The molecule has 2 N–H and O–H groups in total. The molecule has 0 aromatic carbocycles. The first-order chi connectivity index (χ1) is 8.16. The summed E-state index contributed by atoms with van der Waals surface area (Å²) in [5.41, 5.74) is 7.41. The normalized spacial score (nSPS) is 22.9. The molecular formula is C12H21N3S2. The summed E-state index contributed by atoms with van der Waals surface area (Å²) in [6, 6.07) is 2.77. The molecule has 1 fully saturated rings. The van der Waals surface area contributed by atoms with Gasteiger partial charge in [0, 0.05) is 47.2 Å². The van der Waals surface area contributed by atoms with E-state index in [-0.39, 0.29) is 6.04 Å². The second-order valence-electron chi connectivity index (χ2n) is 4.73. The van der Waals surface area contributed by atoms with Crippen molar-refractivity contribution in [2.45, 2.75) is 37.6 Å². The highest BCUT2D eigenvalue weighted by Gasteiger charge is 2.22. The van der Waals surface area contributed by atoms with Gasteiger partial charge >= 0.3 is 0 Å². The Balaban J connectivity index is 1.90. The minimum Gasteiger partial charge on any atom is -0.326 e. The Kier molecular flexibility index (Phi) is 4.82. The molecule has 1 aromatic heterocycles. The van der Waals surface area contributed by atoms with Crippen LogP contribution in [0.4, 0.5) is 0 Å². The molecule has 5 heteroatoms. The second-order valence-corrected chi connectivity index (χ2v) is 7.23. The zero-order valence-corrected chi connectivity index (χ0v) is 12.1. The number of thioether (sulfide) groups is 2. The molecule has 0 amide bonds. The number of aromatic nitrogens is 2. The summed E-state index contributed by atoms with van der Waals surface area (Å²) in [5.74, 6) is 3.70. The number of nitrogens with zero attached hydrogens (tertiary/aromatic N) is 2. The first-order valence-corrected chi connectivity index (χ1v) is 8.36. The summed E-state index contributed by atoms with van der Waals surface area (Å²) >= 11 is 4.05. The highest BCUT2D eigenvalue weighted by molar-refractivity contribution is 8.06. The van der Waals surface area contributed by atoms with Crippen LogP contribution >= 0.6 is 23.5 Å². The van der Waals surface area contributed by atoms with Gasteiger partial charge in [0.1, 0.15) is 0 Å². The van der Waals surface area contributed by atoms with Gasteiger partial charge in [-0.15, -0.1) is 0 Å². The third-order valence-electron chi connectivity index (χ3n) is 2.96. The smallest absolute Gasteiger partial charge is 0.0640 e. The quantitative estimate of drug-likeness (QED) is 0.911. The van der Waals surface area contributed by atoms with Gasteiger partial charge < -0.3 is 5.73 Å². The van der Waals surface area contributed by atoms with Gasteiger partial charge in [0.25, 0.3) is 0 Å². The molecule has 0 saturated carbocycles. The SMILES string of the molecule is CC(C)n1ccc(CC(N)C2CSCCS2)n1. The van der Waals surface area contributed by atoms with Crippen LogP contribution in [0.15, 0.2) is 12.3 Å². The Morgan fingerprint density at radius 2 is 2.35 bits per heavy atom. The van der Waals surface area contributed by atoms with Gasteiger partial charge in [0.15, 0.2) is 0 Å². The lowest BCUT2D eigenvalue weighted by molar-refractivity contribution is 0.521. The largest absolute Gasteiger partial charge is 0.326 e. The number of hydrogen-bond acceptors (Lipinski definition) is 4. The van der Waals surface area contributed by atoms with E-state index >= 15 is 0 Å². The molecule has 1 aliphatic heterocycles. The lowest BCUT2D eigenvalue weighted by Crippen LogP contribution is -2.38. The van der Waals surface area contributed by atoms with Crippen LogP contribution in [0.2, 0.25) is 0 Å². The molecule has 3 nitrogen and oxygen atoms in total. The van der Waals surface area contributed by atoms with Crippen LogP contribution in [-0.2, 0) is 6.42 Å². The monoisotopic (exact) mass is 271 g/mol. The van der Waals surface area contributed by atoms with Gasteiger partial charge in [0.05, 0.1) is 5.69 Å². The molecule has 0 spiro atoms. The topological polar surface area (TPSA) is 43.8 Å². The average molecular weight is 271 g/mol. The minimum absolute atomic E-state index is 0.239. The fourth-order valence-electron chi connectivity index (χ4n) is 1.90. The summed E-state index contributed by atoms with van der Waals surface area (Å²) in [5, 5.41) is 5.16. The second kappa shape index (κ2) is 6.16. The van der Waals surface area contributed by atoms with Crippen LogP contribution in [0.3, 0.4) is 0 Å². The molecule has 96 valence electrons. The van der Waals surface area contributed by atoms with Crippen LogP contribution in [0.5, 0.6) is 0 Å². The van der Waals surface area contributed by atoms with E-state index in [4.69, 9.17) is 5.73 Å². The third-order valence-corrected chi connectivity index (χ3v) is 5.90. The summed E-state index contributed by atoms with van der Waals surface area (Å²) in [6.45, 7) is 4.29. The molecular weight excluding hydrogens is 250 g/mol. The summed E-state index contributed by atoms with van der Waals surface area (Å²) in [7, 11) is 0. The van der Waals surface area contributed by atoms with Crippen molar-refractivity contribution >= 4 is 23.5 Å². The lowest BCUT2D eigenvalue weighted by Gasteiger charge is -2.26. The predicted octanol–water partition coefficient (Wildman–Crippen LogP) is 2.18. The Hall–Kier alpha value is -0.130. The van der Waals surface area contributed by atoms with Crippen LogP contribution in [-0.4, -0.2) is 38.3 Å². The number of rotatable bonds is 4. The molecule has 1 aliphatic rings. The standard InChI is InChI=1S/C12H21N3S2/c1-9(2)15-4-3-10(14-15)7-11(13)12-8-16-5-6-17-12/h3-4,9,11-12H,5-8,13H2,1-2H3. The molecule has 2 unspecified atom stereocenters.